The van der Waals surface area contributed by atoms with Gasteiger partial charge >= 0.3 is 0 Å². The molecule has 8 heteroatoms. The number of likely N-dealkylation sites (tertiary alicyclic amines) is 1. The number of anilines is 1. The first kappa shape index (κ1) is 15.5. The number of fused-ring (bicyclic) bond motifs is 1. The van der Waals surface area contributed by atoms with Crippen molar-refractivity contribution in [1.29, 1.82) is 0 Å². The molecule has 1 atom stereocenters. The Morgan fingerprint density at radius 1 is 1.24 bits per heavy atom. The van der Waals surface area contributed by atoms with Crippen molar-refractivity contribution in [2.24, 2.45) is 5.92 Å². The van der Waals surface area contributed by atoms with Gasteiger partial charge in [-0.05, 0) is 31.2 Å². The van der Waals surface area contributed by atoms with E-state index in [0.717, 1.165) is 31.5 Å². The maximum absolute atomic E-state index is 12.9. The van der Waals surface area contributed by atoms with Crippen molar-refractivity contribution in [3.05, 3.63) is 48.3 Å². The molecule has 3 aromatic heterocycles. The molecule has 1 amide bonds. The molecule has 0 spiro atoms. The Hall–Kier alpha value is -3.03. The van der Waals surface area contributed by atoms with E-state index in [1.807, 2.05) is 4.90 Å². The van der Waals surface area contributed by atoms with Crippen molar-refractivity contribution < 1.29 is 4.79 Å². The second-order valence-electron chi connectivity index (χ2n) is 6.30. The number of nitrogens with two attached hydrogens (primary N) is 1. The van der Waals surface area contributed by atoms with E-state index in [0.29, 0.717) is 29.5 Å². The van der Waals surface area contributed by atoms with E-state index in [1.54, 1.807) is 41.6 Å². The smallest absolute Gasteiger partial charge is 0.259 e. The highest BCUT2D eigenvalue weighted by atomic mass is 16.2. The molecule has 25 heavy (non-hydrogen) atoms. The first-order valence-electron chi connectivity index (χ1n) is 8.35. The second kappa shape index (κ2) is 6.46. The molecule has 3 aromatic rings. The Balaban J connectivity index is 1.51. The molecule has 0 radical (unpaired) electrons. The fourth-order valence-electron chi connectivity index (χ4n) is 3.37. The van der Waals surface area contributed by atoms with Crippen LogP contribution in [0.1, 0.15) is 28.9 Å². The minimum Gasteiger partial charge on any atom is -0.382 e. The number of piperidine rings is 1. The number of amides is 1. The topological polar surface area (TPSA) is 102 Å². The fraction of sp³-hybridized carbons (Fsp3) is 0.353. The highest BCUT2D eigenvalue weighted by Crippen LogP contribution is 2.23. The standard InChI is InChI=1S/C17H19N7O/c18-15-14(19-5-6-20-15)9-12-3-1-7-23(11-12)17(25)13-10-22-24-8-2-4-21-16(13)24/h2,4-6,8,10,12H,1,3,7,9,11H2,(H2,18,20)/t12-/m0/s1. The molecule has 0 unspecified atom stereocenters. The van der Waals surface area contributed by atoms with Gasteiger partial charge in [-0.25, -0.2) is 14.5 Å². The van der Waals surface area contributed by atoms with Gasteiger partial charge in [-0.1, -0.05) is 0 Å². The molecule has 1 aliphatic heterocycles. The zero-order chi connectivity index (χ0) is 17.2. The van der Waals surface area contributed by atoms with Gasteiger partial charge in [0.1, 0.15) is 11.4 Å². The quantitative estimate of drug-likeness (QED) is 0.770. The summed E-state index contributed by atoms with van der Waals surface area (Å²) in [5, 5.41) is 4.20. The predicted molar refractivity (Wildman–Crippen MR) is 91.8 cm³/mol. The van der Waals surface area contributed by atoms with Gasteiger partial charge < -0.3 is 10.6 Å². The number of carbonyl (C=O) groups is 1. The number of hydrogen-bond acceptors (Lipinski definition) is 6. The van der Waals surface area contributed by atoms with Crippen molar-refractivity contribution in [2.45, 2.75) is 19.3 Å². The Morgan fingerprint density at radius 3 is 3.00 bits per heavy atom. The van der Waals surface area contributed by atoms with Crippen LogP contribution in [-0.4, -0.2) is 48.5 Å². The molecule has 1 saturated heterocycles. The van der Waals surface area contributed by atoms with Gasteiger partial charge in [-0.2, -0.15) is 5.10 Å². The molecule has 0 aromatic carbocycles. The molecule has 4 heterocycles. The maximum atomic E-state index is 12.9. The lowest BCUT2D eigenvalue weighted by molar-refractivity contribution is 0.0674. The van der Waals surface area contributed by atoms with Crippen LogP contribution in [0.2, 0.25) is 0 Å². The van der Waals surface area contributed by atoms with Gasteiger partial charge in [-0.15, -0.1) is 0 Å². The zero-order valence-corrected chi connectivity index (χ0v) is 13.7. The molecule has 1 aliphatic rings. The average molecular weight is 337 g/mol. The largest absolute Gasteiger partial charge is 0.382 e. The van der Waals surface area contributed by atoms with Crippen LogP contribution in [0, 0.1) is 5.92 Å². The van der Waals surface area contributed by atoms with Crippen LogP contribution < -0.4 is 5.73 Å². The summed E-state index contributed by atoms with van der Waals surface area (Å²) in [7, 11) is 0. The van der Waals surface area contributed by atoms with Crippen molar-refractivity contribution >= 4 is 17.4 Å². The number of rotatable bonds is 3. The number of carbonyl (C=O) groups excluding carboxylic acids is 1. The summed E-state index contributed by atoms with van der Waals surface area (Å²) in [5.41, 5.74) is 7.84. The molecule has 0 aliphatic carbocycles. The normalized spacial score (nSPS) is 17.8. The Kier molecular flexibility index (Phi) is 4.01. The van der Waals surface area contributed by atoms with E-state index in [1.165, 1.54) is 0 Å². The minimum absolute atomic E-state index is 0.0227. The van der Waals surface area contributed by atoms with E-state index in [9.17, 15) is 4.79 Å². The van der Waals surface area contributed by atoms with E-state index in [-0.39, 0.29) is 5.91 Å². The second-order valence-corrected chi connectivity index (χ2v) is 6.30. The van der Waals surface area contributed by atoms with E-state index in [4.69, 9.17) is 5.73 Å². The summed E-state index contributed by atoms with van der Waals surface area (Å²) in [6, 6.07) is 1.79. The van der Waals surface area contributed by atoms with Gasteiger partial charge in [0, 0.05) is 37.9 Å². The Labute approximate surface area is 144 Å². The van der Waals surface area contributed by atoms with Crippen LogP contribution in [0.15, 0.2) is 37.1 Å². The first-order chi connectivity index (χ1) is 12.2. The number of nitrogen functional groups attached to an aromatic ring is 1. The number of aromatic nitrogens is 5. The molecule has 8 nitrogen and oxygen atoms in total. The molecular formula is C17H19N7O. The van der Waals surface area contributed by atoms with E-state index < -0.39 is 0 Å². The summed E-state index contributed by atoms with van der Waals surface area (Å²) in [6.07, 6.45) is 11.0. The third-order valence-corrected chi connectivity index (χ3v) is 4.60. The van der Waals surface area contributed by atoms with Crippen LogP contribution in [0.4, 0.5) is 5.82 Å². The number of nitrogens with zero attached hydrogens (tertiary/aromatic N) is 6. The predicted octanol–water partition coefficient (Wildman–Crippen LogP) is 1.20. The molecule has 0 saturated carbocycles. The van der Waals surface area contributed by atoms with Crippen molar-refractivity contribution in [1.82, 2.24) is 29.5 Å². The SMILES string of the molecule is Nc1nccnc1C[C@@H]1CCCN(C(=O)c2cnn3cccnc23)C1. The molecule has 1 fully saturated rings. The minimum atomic E-state index is -0.0227. The van der Waals surface area contributed by atoms with Crippen molar-refractivity contribution in [3.8, 4) is 0 Å². The van der Waals surface area contributed by atoms with Crippen LogP contribution in [0.3, 0.4) is 0 Å². The summed E-state index contributed by atoms with van der Waals surface area (Å²) >= 11 is 0. The molecule has 0 bridgehead atoms. The zero-order valence-electron chi connectivity index (χ0n) is 13.7. The van der Waals surface area contributed by atoms with Gasteiger partial charge in [0.25, 0.3) is 5.91 Å². The highest BCUT2D eigenvalue weighted by Gasteiger charge is 2.27. The maximum Gasteiger partial charge on any atom is 0.259 e. The lowest BCUT2D eigenvalue weighted by Gasteiger charge is -2.32. The Bertz CT molecular complexity index is 907. The number of hydrogen-bond donors (Lipinski definition) is 1. The third-order valence-electron chi connectivity index (χ3n) is 4.60. The molecule has 2 N–H and O–H groups in total. The van der Waals surface area contributed by atoms with Gasteiger partial charge in [0.05, 0.1) is 11.9 Å². The van der Waals surface area contributed by atoms with Crippen molar-refractivity contribution in [3.63, 3.8) is 0 Å². The van der Waals surface area contributed by atoms with Gasteiger partial charge in [-0.3, -0.25) is 9.78 Å². The van der Waals surface area contributed by atoms with E-state index >= 15 is 0 Å². The lowest BCUT2D eigenvalue weighted by atomic mass is 9.93. The monoisotopic (exact) mass is 337 g/mol. The van der Waals surface area contributed by atoms with Crippen LogP contribution in [-0.2, 0) is 6.42 Å². The lowest BCUT2D eigenvalue weighted by Crippen LogP contribution is -2.40. The van der Waals surface area contributed by atoms with Gasteiger partial charge in [0.15, 0.2) is 5.65 Å². The fourth-order valence-corrected chi connectivity index (χ4v) is 3.37. The summed E-state index contributed by atoms with van der Waals surface area (Å²) in [4.78, 5) is 27.5. The molecule has 4 rings (SSSR count). The van der Waals surface area contributed by atoms with Crippen molar-refractivity contribution in [2.75, 3.05) is 18.8 Å². The Morgan fingerprint density at radius 2 is 2.12 bits per heavy atom. The van der Waals surface area contributed by atoms with Crippen LogP contribution in [0.5, 0.6) is 0 Å². The average Bonchev–Trinajstić information content (AvgIpc) is 3.07. The highest BCUT2D eigenvalue weighted by molar-refractivity contribution is 5.99. The third kappa shape index (κ3) is 3.02. The van der Waals surface area contributed by atoms with Crippen LogP contribution in [0.25, 0.3) is 5.65 Å². The summed E-state index contributed by atoms with van der Waals surface area (Å²) < 4.78 is 1.62. The summed E-state index contributed by atoms with van der Waals surface area (Å²) in [6.45, 7) is 1.43. The van der Waals surface area contributed by atoms with Gasteiger partial charge in [0.2, 0.25) is 0 Å². The van der Waals surface area contributed by atoms with Crippen LogP contribution >= 0.6 is 0 Å². The van der Waals surface area contributed by atoms with E-state index in [2.05, 4.69) is 20.1 Å². The molecule has 128 valence electrons. The summed E-state index contributed by atoms with van der Waals surface area (Å²) in [5.74, 6) is 0.773. The first-order valence-corrected chi connectivity index (χ1v) is 8.35. The molecular weight excluding hydrogens is 318 g/mol.